The lowest BCUT2D eigenvalue weighted by Gasteiger charge is -2.28. The average molecular weight is 408 g/mol. The summed E-state index contributed by atoms with van der Waals surface area (Å²) < 4.78 is 46.6. The number of nitrogens with zero attached hydrogens (tertiary/aromatic N) is 1. The molecule has 0 aliphatic heterocycles. The monoisotopic (exact) mass is 408 g/mol. The fraction of sp³-hybridized carbons (Fsp3) is 0.350. The predicted octanol–water partition coefficient (Wildman–Crippen LogP) is 3.33. The molecule has 0 spiro atoms. The summed E-state index contributed by atoms with van der Waals surface area (Å²) in [7, 11) is -2.71. The number of nitrogens with one attached hydrogen (secondary N) is 1. The van der Waals surface area contributed by atoms with Crippen molar-refractivity contribution >= 4 is 21.6 Å². The standard InChI is InChI=1S/C20H25FN2O4S/c1-5-20(2,3)22-19(24)14-23(18-9-7-6-8-17(18)21)28(25,26)16-12-10-15(27-4)11-13-16/h6-13H,5,14H2,1-4H3,(H,22,24). The van der Waals surface area contributed by atoms with Gasteiger partial charge in [0.15, 0.2) is 0 Å². The van der Waals surface area contributed by atoms with E-state index in [1.807, 2.05) is 20.8 Å². The van der Waals surface area contributed by atoms with Crippen LogP contribution in [-0.4, -0.2) is 33.5 Å². The normalized spacial score (nSPS) is 11.8. The van der Waals surface area contributed by atoms with Gasteiger partial charge in [0.1, 0.15) is 18.1 Å². The minimum atomic E-state index is -4.18. The van der Waals surface area contributed by atoms with E-state index < -0.39 is 33.8 Å². The topological polar surface area (TPSA) is 75.7 Å². The lowest BCUT2D eigenvalue weighted by molar-refractivity contribution is -0.121. The molecule has 2 rings (SSSR count). The van der Waals surface area contributed by atoms with Crippen LogP contribution in [0.25, 0.3) is 0 Å². The van der Waals surface area contributed by atoms with Crippen molar-refractivity contribution in [1.82, 2.24) is 5.32 Å². The van der Waals surface area contributed by atoms with Gasteiger partial charge in [0, 0.05) is 5.54 Å². The largest absolute Gasteiger partial charge is 0.497 e. The third-order valence-electron chi connectivity index (χ3n) is 4.42. The van der Waals surface area contributed by atoms with Crippen molar-refractivity contribution in [3.8, 4) is 5.75 Å². The molecule has 6 nitrogen and oxygen atoms in total. The number of halogens is 1. The molecule has 0 unspecified atom stereocenters. The molecule has 0 bridgehead atoms. The lowest BCUT2D eigenvalue weighted by Crippen LogP contribution is -2.48. The van der Waals surface area contributed by atoms with E-state index >= 15 is 0 Å². The van der Waals surface area contributed by atoms with Crippen molar-refractivity contribution in [3.63, 3.8) is 0 Å². The minimum Gasteiger partial charge on any atom is -0.497 e. The second-order valence-corrected chi connectivity index (χ2v) is 8.79. The van der Waals surface area contributed by atoms with Crippen LogP contribution in [0.5, 0.6) is 5.75 Å². The third-order valence-corrected chi connectivity index (χ3v) is 6.19. The molecule has 0 heterocycles. The summed E-state index contributed by atoms with van der Waals surface area (Å²) in [6.07, 6.45) is 0.656. The van der Waals surface area contributed by atoms with E-state index in [-0.39, 0.29) is 10.6 Å². The molecule has 0 atom stereocenters. The van der Waals surface area contributed by atoms with Crippen LogP contribution in [0, 0.1) is 5.82 Å². The number of ether oxygens (including phenoxy) is 1. The van der Waals surface area contributed by atoms with Gasteiger partial charge in [-0.05, 0) is 56.7 Å². The van der Waals surface area contributed by atoms with E-state index in [0.29, 0.717) is 12.2 Å². The number of benzene rings is 2. The third kappa shape index (κ3) is 5.01. The quantitative estimate of drug-likeness (QED) is 0.727. The summed E-state index contributed by atoms with van der Waals surface area (Å²) in [5, 5.41) is 2.78. The molecule has 1 amide bonds. The average Bonchev–Trinajstić information content (AvgIpc) is 2.66. The van der Waals surface area contributed by atoms with Gasteiger partial charge >= 0.3 is 0 Å². The summed E-state index contributed by atoms with van der Waals surface area (Å²) >= 11 is 0. The zero-order valence-corrected chi connectivity index (χ0v) is 17.2. The van der Waals surface area contributed by atoms with Crippen LogP contribution in [0.15, 0.2) is 53.4 Å². The minimum absolute atomic E-state index is 0.0703. The Labute approximate surface area is 165 Å². The lowest BCUT2D eigenvalue weighted by atomic mass is 10.0. The Morgan fingerprint density at radius 3 is 2.29 bits per heavy atom. The summed E-state index contributed by atoms with van der Waals surface area (Å²) in [4.78, 5) is 12.5. The van der Waals surface area contributed by atoms with E-state index in [1.54, 1.807) is 0 Å². The van der Waals surface area contributed by atoms with Crippen molar-refractivity contribution in [2.45, 2.75) is 37.6 Å². The first-order valence-electron chi connectivity index (χ1n) is 8.83. The molecule has 0 aliphatic carbocycles. The molecule has 2 aromatic carbocycles. The molecular formula is C20H25FN2O4S. The first-order chi connectivity index (χ1) is 13.1. The molecule has 0 saturated carbocycles. The van der Waals surface area contributed by atoms with Crippen LogP contribution in [0.4, 0.5) is 10.1 Å². The molecule has 2 aromatic rings. The highest BCUT2D eigenvalue weighted by atomic mass is 32.2. The molecule has 8 heteroatoms. The highest BCUT2D eigenvalue weighted by Gasteiger charge is 2.30. The first-order valence-corrected chi connectivity index (χ1v) is 10.3. The number of anilines is 1. The maximum atomic E-state index is 14.4. The van der Waals surface area contributed by atoms with Gasteiger partial charge in [0.2, 0.25) is 5.91 Å². The van der Waals surface area contributed by atoms with E-state index in [2.05, 4.69) is 5.32 Å². The number of carbonyl (C=O) groups excluding carboxylic acids is 1. The van der Waals surface area contributed by atoms with E-state index in [1.165, 1.54) is 49.6 Å². The zero-order valence-electron chi connectivity index (χ0n) is 16.4. The molecular weight excluding hydrogens is 383 g/mol. The highest BCUT2D eigenvalue weighted by Crippen LogP contribution is 2.27. The SMILES string of the molecule is CCC(C)(C)NC(=O)CN(c1ccccc1F)S(=O)(=O)c1ccc(OC)cc1. The number of para-hydroxylation sites is 1. The summed E-state index contributed by atoms with van der Waals surface area (Å²) in [5.74, 6) is -0.770. The number of hydrogen-bond donors (Lipinski definition) is 1. The molecule has 152 valence electrons. The fourth-order valence-corrected chi connectivity index (χ4v) is 3.89. The van der Waals surface area contributed by atoms with Crippen molar-refractivity contribution in [3.05, 3.63) is 54.3 Å². The summed E-state index contributed by atoms with van der Waals surface area (Å²) in [5.41, 5.74) is -0.704. The summed E-state index contributed by atoms with van der Waals surface area (Å²) in [6.45, 7) is 5.02. The van der Waals surface area contributed by atoms with Gasteiger partial charge in [-0.3, -0.25) is 9.10 Å². The van der Waals surface area contributed by atoms with E-state index in [0.717, 1.165) is 10.4 Å². The van der Waals surface area contributed by atoms with Gasteiger partial charge in [-0.1, -0.05) is 19.1 Å². The van der Waals surface area contributed by atoms with Crippen LogP contribution < -0.4 is 14.4 Å². The van der Waals surface area contributed by atoms with Crippen molar-refractivity contribution in [2.24, 2.45) is 0 Å². The Hall–Kier alpha value is -2.61. The van der Waals surface area contributed by atoms with Gasteiger partial charge in [0.05, 0.1) is 17.7 Å². The number of methoxy groups -OCH3 is 1. The van der Waals surface area contributed by atoms with Gasteiger partial charge in [-0.15, -0.1) is 0 Å². The second kappa shape index (κ2) is 8.60. The Morgan fingerprint density at radius 2 is 1.75 bits per heavy atom. The number of carbonyl (C=O) groups is 1. The molecule has 0 saturated heterocycles. The Morgan fingerprint density at radius 1 is 1.14 bits per heavy atom. The first kappa shape index (κ1) is 21.7. The Balaban J connectivity index is 2.45. The molecule has 0 aromatic heterocycles. The van der Waals surface area contributed by atoms with Crippen LogP contribution in [0.2, 0.25) is 0 Å². The van der Waals surface area contributed by atoms with Crippen LogP contribution in [0.1, 0.15) is 27.2 Å². The number of sulfonamides is 1. The number of hydrogen-bond acceptors (Lipinski definition) is 4. The molecule has 0 aliphatic rings. The maximum absolute atomic E-state index is 14.4. The fourth-order valence-electron chi connectivity index (χ4n) is 2.46. The number of rotatable bonds is 8. The van der Waals surface area contributed by atoms with Gasteiger partial charge in [0.25, 0.3) is 10.0 Å². The maximum Gasteiger partial charge on any atom is 0.264 e. The second-order valence-electron chi connectivity index (χ2n) is 6.92. The summed E-state index contributed by atoms with van der Waals surface area (Å²) in [6, 6.07) is 11.2. The van der Waals surface area contributed by atoms with Crippen molar-refractivity contribution in [2.75, 3.05) is 18.0 Å². The highest BCUT2D eigenvalue weighted by molar-refractivity contribution is 7.92. The predicted molar refractivity (Wildman–Crippen MR) is 106 cm³/mol. The molecule has 0 fully saturated rings. The molecule has 28 heavy (non-hydrogen) atoms. The smallest absolute Gasteiger partial charge is 0.264 e. The van der Waals surface area contributed by atoms with E-state index in [9.17, 15) is 17.6 Å². The van der Waals surface area contributed by atoms with Crippen LogP contribution >= 0.6 is 0 Å². The Kier molecular flexibility index (Phi) is 6.66. The van der Waals surface area contributed by atoms with Crippen LogP contribution in [0.3, 0.4) is 0 Å². The van der Waals surface area contributed by atoms with Gasteiger partial charge < -0.3 is 10.1 Å². The van der Waals surface area contributed by atoms with Crippen LogP contribution in [-0.2, 0) is 14.8 Å². The number of amides is 1. The van der Waals surface area contributed by atoms with Gasteiger partial charge in [-0.25, -0.2) is 12.8 Å². The van der Waals surface area contributed by atoms with Crippen molar-refractivity contribution < 1.29 is 22.3 Å². The molecule has 1 N–H and O–H groups in total. The van der Waals surface area contributed by atoms with E-state index in [4.69, 9.17) is 4.74 Å². The zero-order chi connectivity index (χ0) is 20.9. The van der Waals surface area contributed by atoms with Crippen molar-refractivity contribution in [1.29, 1.82) is 0 Å². The Bertz CT molecular complexity index is 927. The van der Waals surface area contributed by atoms with Gasteiger partial charge in [-0.2, -0.15) is 0 Å². The molecule has 0 radical (unpaired) electrons.